The number of fused-ring (bicyclic) bond motifs is 1. The normalized spacial score (nSPS) is 10.8. The molecular weight excluding hydrogens is 438 g/mol. The van der Waals surface area contributed by atoms with E-state index in [2.05, 4.69) is 16.0 Å². The van der Waals surface area contributed by atoms with Gasteiger partial charge >= 0.3 is 0 Å². The number of benzene rings is 3. The minimum absolute atomic E-state index is 0.115. The van der Waals surface area contributed by atoms with E-state index in [0.29, 0.717) is 41.8 Å². The molecule has 0 saturated heterocycles. The molecule has 1 amide bonds. The van der Waals surface area contributed by atoms with Crippen LogP contribution in [-0.2, 0) is 13.0 Å². The molecule has 1 N–H and O–H groups in total. The van der Waals surface area contributed by atoms with Gasteiger partial charge in [-0.3, -0.25) is 4.79 Å². The van der Waals surface area contributed by atoms with Crippen LogP contribution in [0.15, 0.2) is 72.8 Å². The summed E-state index contributed by atoms with van der Waals surface area (Å²) in [6.45, 7) is 1.68. The topological polar surface area (TPSA) is 65.4 Å². The molecule has 0 unspecified atom stereocenters. The molecule has 0 spiro atoms. The van der Waals surface area contributed by atoms with Gasteiger partial charge in [0.1, 0.15) is 23.9 Å². The van der Waals surface area contributed by atoms with Gasteiger partial charge in [0, 0.05) is 18.5 Å². The monoisotopic (exact) mass is 463 g/mol. The Kier molecular flexibility index (Phi) is 7.47. The molecule has 4 rings (SSSR count). The number of carbonyl (C=O) groups is 1. The van der Waals surface area contributed by atoms with Gasteiger partial charge in [-0.25, -0.2) is 4.98 Å². The van der Waals surface area contributed by atoms with Gasteiger partial charge in [-0.05, 0) is 48.9 Å². The van der Waals surface area contributed by atoms with Crippen LogP contribution in [0.4, 0.5) is 0 Å². The van der Waals surface area contributed by atoms with Crippen molar-refractivity contribution >= 4 is 28.5 Å². The number of methoxy groups -OCH3 is 1. The molecule has 170 valence electrons. The summed E-state index contributed by atoms with van der Waals surface area (Å²) < 4.78 is 13.3. The van der Waals surface area contributed by atoms with Crippen molar-refractivity contribution in [1.82, 2.24) is 14.9 Å². The summed E-state index contributed by atoms with van der Waals surface area (Å²) in [6.07, 6.45) is 1.50. The van der Waals surface area contributed by atoms with Gasteiger partial charge in [-0.15, -0.1) is 0 Å². The van der Waals surface area contributed by atoms with E-state index >= 15 is 0 Å². The van der Waals surface area contributed by atoms with Crippen molar-refractivity contribution in [2.45, 2.75) is 19.4 Å². The zero-order valence-electron chi connectivity index (χ0n) is 18.5. The first-order valence-corrected chi connectivity index (χ1v) is 11.3. The second-order valence-corrected chi connectivity index (χ2v) is 7.95. The number of nitrogens with one attached hydrogen (secondary N) is 1. The lowest BCUT2D eigenvalue weighted by Crippen LogP contribution is -2.25. The Balaban J connectivity index is 1.37. The number of amides is 1. The van der Waals surface area contributed by atoms with Gasteiger partial charge in [-0.2, -0.15) is 0 Å². The first-order chi connectivity index (χ1) is 16.2. The van der Waals surface area contributed by atoms with Crippen molar-refractivity contribution in [3.63, 3.8) is 0 Å². The molecule has 0 aliphatic rings. The fourth-order valence-corrected chi connectivity index (χ4v) is 3.88. The van der Waals surface area contributed by atoms with Crippen LogP contribution in [0.1, 0.15) is 22.6 Å². The Bertz CT molecular complexity index is 1240. The predicted octanol–water partition coefficient (Wildman–Crippen LogP) is 5.14. The second kappa shape index (κ2) is 10.9. The first kappa shape index (κ1) is 22.7. The lowest BCUT2D eigenvalue weighted by atomic mass is 10.2. The number of para-hydroxylation sites is 3. The Labute approximate surface area is 198 Å². The van der Waals surface area contributed by atoms with Crippen LogP contribution in [0.5, 0.6) is 11.5 Å². The van der Waals surface area contributed by atoms with Gasteiger partial charge in [-0.1, -0.05) is 41.9 Å². The van der Waals surface area contributed by atoms with Crippen LogP contribution in [-0.4, -0.2) is 35.7 Å². The maximum Gasteiger partial charge on any atom is 0.251 e. The number of aryl methyl sites for hydroxylation is 1. The fourth-order valence-electron chi connectivity index (χ4n) is 3.69. The van der Waals surface area contributed by atoms with Crippen LogP contribution >= 0.6 is 11.6 Å². The first-order valence-electron chi connectivity index (χ1n) is 10.9. The Morgan fingerprint density at radius 2 is 1.88 bits per heavy atom. The molecule has 0 aliphatic heterocycles. The number of carbonyl (C=O) groups excluding carboxylic acids is 1. The molecule has 1 heterocycles. The lowest BCUT2D eigenvalue weighted by molar-refractivity contribution is 0.0953. The van der Waals surface area contributed by atoms with Crippen molar-refractivity contribution in [2.75, 3.05) is 20.3 Å². The largest absolute Gasteiger partial charge is 0.497 e. The number of aromatic nitrogens is 2. The molecule has 3 aromatic carbocycles. The summed E-state index contributed by atoms with van der Waals surface area (Å²) >= 11 is 6.20. The van der Waals surface area contributed by atoms with Crippen LogP contribution in [0.3, 0.4) is 0 Å². The third-order valence-electron chi connectivity index (χ3n) is 5.34. The molecule has 0 bridgehead atoms. The number of ether oxygens (including phenoxy) is 2. The molecule has 4 aromatic rings. The third-order valence-corrected chi connectivity index (χ3v) is 5.65. The molecule has 0 atom stereocenters. The van der Waals surface area contributed by atoms with E-state index < -0.39 is 0 Å². The molecule has 7 heteroatoms. The highest BCUT2D eigenvalue weighted by Crippen LogP contribution is 2.23. The van der Waals surface area contributed by atoms with Gasteiger partial charge in [0.05, 0.1) is 29.7 Å². The quantitative estimate of drug-likeness (QED) is 0.331. The number of hydrogen-bond donors (Lipinski definition) is 1. The SMILES string of the molecule is COc1cccc(C(=O)NCCCc2nc3ccccc3n2CCOc2ccccc2Cl)c1. The molecule has 0 radical (unpaired) electrons. The van der Waals surface area contributed by atoms with Crippen molar-refractivity contribution in [2.24, 2.45) is 0 Å². The summed E-state index contributed by atoms with van der Waals surface area (Å²) in [6, 6.07) is 22.6. The maximum absolute atomic E-state index is 12.4. The number of rotatable bonds is 10. The van der Waals surface area contributed by atoms with Crippen molar-refractivity contribution in [3.8, 4) is 11.5 Å². The highest BCUT2D eigenvalue weighted by molar-refractivity contribution is 6.32. The number of hydrogen-bond acceptors (Lipinski definition) is 4. The number of halogens is 1. The van der Waals surface area contributed by atoms with Crippen molar-refractivity contribution in [3.05, 3.63) is 89.2 Å². The molecule has 33 heavy (non-hydrogen) atoms. The van der Waals surface area contributed by atoms with Crippen molar-refractivity contribution < 1.29 is 14.3 Å². The van der Waals surface area contributed by atoms with Crippen LogP contribution in [0, 0.1) is 0 Å². The molecule has 0 saturated carbocycles. The summed E-state index contributed by atoms with van der Waals surface area (Å²) in [7, 11) is 1.59. The molecule has 0 fully saturated rings. The highest BCUT2D eigenvalue weighted by atomic mass is 35.5. The van der Waals surface area contributed by atoms with E-state index in [0.717, 1.165) is 29.7 Å². The summed E-state index contributed by atoms with van der Waals surface area (Å²) in [5.74, 6) is 2.19. The van der Waals surface area contributed by atoms with Gasteiger partial charge in [0.15, 0.2) is 0 Å². The van der Waals surface area contributed by atoms with E-state index in [-0.39, 0.29) is 5.91 Å². The molecule has 0 aliphatic carbocycles. The summed E-state index contributed by atoms with van der Waals surface area (Å²) in [4.78, 5) is 17.2. The zero-order chi connectivity index (χ0) is 23.0. The van der Waals surface area contributed by atoms with E-state index in [1.54, 1.807) is 25.3 Å². The summed E-state index contributed by atoms with van der Waals surface area (Å²) in [5.41, 5.74) is 2.60. The molecule has 1 aromatic heterocycles. The maximum atomic E-state index is 12.4. The average molecular weight is 464 g/mol. The van der Waals surface area contributed by atoms with Crippen LogP contribution < -0.4 is 14.8 Å². The average Bonchev–Trinajstić information content (AvgIpc) is 3.20. The lowest BCUT2D eigenvalue weighted by Gasteiger charge is -2.12. The van der Waals surface area contributed by atoms with E-state index in [1.165, 1.54) is 0 Å². The van der Waals surface area contributed by atoms with Gasteiger partial charge in [0.2, 0.25) is 0 Å². The minimum atomic E-state index is -0.115. The standard InChI is InChI=1S/C26H26ClN3O3/c1-32-20-9-6-8-19(18-20)26(31)28-15-7-14-25-29-22-11-3-4-12-23(22)30(25)16-17-33-24-13-5-2-10-21(24)27/h2-6,8-13,18H,7,14-17H2,1H3,(H,28,31). The third kappa shape index (κ3) is 5.65. The number of nitrogens with zero attached hydrogens (tertiary/aromatic N) is 2. The van der Waals surface area contributed by atoms with Crippen LogP contribution in [0.2, 0.25) is 5.02 Å². The second-order valence-electron chi connectivity index (χ2n) is 7.54. The van der Waals surface area contributed by atoms with E-state index in [9.17, 15) is 4.79 Å². The Morgan fingerprint density at radius 1 is 1.06 bits per heavy atom. The zero-order valence-corrected chi connectivity index (χ0v) is 19.2. The fraction of sp³-hybridized carbons (Fsp3) is 0.231. The van der Waals surface area contributed by atoms with Gasteiger partial charge in [0.25, 0.3) is 5.91 Å². The van der Waals surface area contributed by atoms with E-state index in [1.807, 2.05) is 48.5 Å². The molecule has 6 nitrogen and oxygen atoms in total. The predicted molar refractivity (Wildman–Crippen MR) is 130 cm³/mol. The smallest absolute Gasteiger partial charge is 0.251 e. The van der Waals surface area contributed by atoms with Crippen molar-refractivity contribution in [1.29, 1.82) is 0 Å². The number of imidazole rings is 1. The minimum Gasteiger partial charge on any atom is -0.497 e. The highest BCUT2D eigenvalue weighted by Gasteiger charge is 2.12. The Morgan fingerprint density at radius 3 is 2.73 bits per heavy atom. The summed E-state index contributed by atoms with van der Waals surface area (Å²) in [5, 5.41) is 3.57. The van der Waals surface area contributed by atoms with E-state index in [4.69, 9.17) is 26.1 Å². The van der Waals surface area contributed by atoms with Gasteiger partial charge < -0.3 is 19.4 Å². The molecular formula is C26H26ClN3O3. The Hall–Kier alpha value is -3.51. The van der Waals surface area contributed by atoms with Crippen LogP contribution in [0.25, 0.3) is 11.0 Å².